The molecular formula is C11H18BrF2N. The molecule has 88 valence electrons. The number of hydrogen-bond acceptors (Lipinski definition) is 1. The average Bonchev–Trinajstić information content (AvgIpc) is 2.45. The molecule has 0 aromatic carbocycles. The minimum Gasteiger partial charge on any atom is -0.301 e. The predicted octanol–water partition coefficient (Wildman–Crippen LogP) is 3.14. The van der Waals surface area contributed by atoms with Crippen molar-refractivity contribution in [3.8, 4) is 0 Å². The lowest BCUT2D eigenvalue weighted by Crippen LogP contribution is -2.43. The molecule has 2 fully saturated rings. The van der Waals surface area contributed by atoms with Crippen LogP contribution in [0.1, 0.15) is 26.7 Å². The molecule has 1 heterocycles. The van der Waals surface area contributed by atoms with Crippen LogP contribution in [0.4, 0.5) is 8.78 Å². The van der Waals surface area contributed by atoms with Gasteiger partial charge in [0.15, 0.2) is 0 Å². The van der Waals surface area contributed by atoms with E-state index < -0.39 is 11.3 Å². The minimum absolute atomic E-state index is 0.0673. The Labute approximate surface area is 98.3 Å². The highest BCUT2D eigenvalue weighted by Crippen LogP contribution is 2.60. The van der Waals surface area contributed by atoms with Gasteiger partial charge in [-0.1, -0.05) is 29.8 Å². The smallest absolute Gasteiger partial charge is 0.255 e. The summed E-state index contributed by atoms with van der Waals surface area (Å²) in [5, 5.41) is 0. The van der Waals surface area contributed by atoms with Crippen LogP contribution in [-0.4, -0.2) is 35.3 Å². The Hall–Kier alpha value is 0.300. The zero-order valence-electron chi connectivity index (χ0n) is 9.27. The van der Waals surface area contributed by atoms with Gasteiger partial charge in [0.05, 0.1) is 0 Å². The molecule has 1 aliphatic carbocycles. The fourth-order valence-electron chi connectivity index (χ4n) is 2.62. The second-order valence-corrected chi connectivity index (χ2v) is 6.87. The van der Waals surface area contributed by atoms with Crippen LogP contribution < -0.4 is 0 Å². The van der Waals surface area contributed by atoms with E-state index in [0.717, 1.165) is 19.5 Å². The first-order chi connectivity index (χ1) is 6.82. The summed E-state index contributed by atoms with van der Waals surface area (Å²) in [5.74, 6) is -1.81. The van der Waals surface area contributed by atoms with Gasteiger partial charge in [0.2, 0.25) is 0 Å². The van der Waals surface area contributed by atoms with Gasteiger partial charge in [0, 0.05) is 36.3 Å². The summed E-state index contributed by atoms with van der Waals surface area (Å²) < 4.78 is 26.2. The van der Waals surface area contributed by atoms with Crippen molar-refractivity contribution in [2.24, 2.45) is 11.3 Å². The molecule has 3 atom stereocenters. The van der Waals surface area contributed by atoms with Gasteiger partial charge in [-0.2, -0.15) is 0 Å². The van der Waals surface area contributed by atoms with Crippen LogP contribution in [0.25, 0.3) is 0 Å². The molecule has 1 saturated heterocycles. The highest BCUT2D eigenvalue weighted by Gasteiger charge is 2.68. The van der Waals surface area contributed by atoms with E-state index in [1.54, 1.807) is 6.92 Å². The number of piperidine rings is 1. The second-order valence-electron chi connectivity index (χ2n) is 5.57. The Balaban J connectivity index is 1.90. The van der Waals surface area contributed by atoms with Crippen LogP contribution in [0.5, 0.6) is 0 Å². The standard InChI is InChI=1S/C11H18BrF2N/c1-8-3-9(12)5-15(4-8)7-10(2)6-11(10,13)14/h8-9H,3-7H2,1-2H3. The van der Waals surface area contributed by atoms with Crippen molar-refractivity contribution in [1.82, 2.24) is 4.90 Å². The SMILES string of the molecule is CC1CC(Br)CN(CC2(C)CC2(F)F)C1. The van der Waals surface area contributed by atoms with E-state index in [9.17, 15) is 8.78 Å². The first-order valence-corrected chi connectivity index (χ1v) is 6.48. The predicted molar refractivity (Wildman–Crippen MR) is 60.6 cm³/mol. The Bertz CT molecular complexity index is 249. The first kappa shape index (κ1) is 11.8. The van der Waals surface area contributed by atoms with Gasteiger partial charge in [-0.15, -0.1) is 0 Å². The first-order valence-electron chi connectivity index (χ1n) is 5.57. The number of alkyl halides is 3. The van der Waals surface area contributed by atoms with E-state index >= 15 is 0 Å². The molecule has 0 aromatic rings. The molecule has 0 spiro atoms. The molecule has 2 aliphatic rings. The van der Waals surface area contributed by atoms with Gasteiger partial charge in [-0.25, -0.2) is 8.78 Å². The fourth-order valence-corrected chi connectivity index (χ4v) is 3.67. The summed E-state index contributed by atoms with van der Waals surface area (Å²) in [6.45, 7) is 6.32. The summed E-state index contributed by atoms with van der Waals surface area (Å²) in [6, 6.07) is 0. The Kier molecular flexibility index (Phi) is 2.87. The van der Waals surface area contributed by atoms with Crippen molar-refractivity contribution in [3.63, 3.8) is 0 Å². The molecule has 0 amide bonds. The van der Waals surface area contributed by atoms with Crippen molar-refractivity contribution in [1.29, 1.82) is 0 Å². The molecule has 1 saturated carbocycles. The summed E-state index contributed by atoms with van der Waals surface area (Å²) >= 11 is 3.60. The maximum atomic E-state index is 13.1. The van der Waals surface area contributed by atoms with Crippen molar-refractivity contribution in [3.05, 3.63) is 0 Å². The van der Waals surface area contributed by atoms with Gasteiger partial charge < -0.3 is 4.90 Å². The lowest BCUT2D eigenvalue weighted by Gasteiger charge is -2.35. The van der Waals surface area contributed by atoms with Gasteiger partial charge in [0.1, 0.15) is 0 Å². The fraction of sp³-hybridized carbons (Fsp3) is 1.00. The van der Waals surface area contributed by atoms with E-state index in [0.29, 0.717) is 17.3 Å². The molecule has 1 nitrogen and oxygen atoms in total. The Morgan fingerprint density at radius 1 is 1.40 bits per heavy atom. The number of nitrogens with zero attached hydrogens (tertiary/aromatic N) is 1. The largest absolute Gasteiger partial charge is 0.301 e. The summed E-state index contributed by atoms with van der Waals surface area (Å²) in [6.07, 6.45) is 1.22. The van der Waals surface area contributed by atoms with E-state index in [1.165, 1.54) is 0 Å². The van der Waals surface area contributed by atoms with Gasteiger partial charge in [-0.3, -0.25) is 0 Å². The highest BCUT2D eigenvalue weighted by atomic mass is 79.9. The number of hydrogen-bond donors (Lipinski definition) is 0. The zero-order valence-corrected chi connectivity index (χ0v) is 10.9. The lowest BCUT2D eigenvalue weighted by molar-refractivity contribution is 0.0462. The number of halogens is 3. The molecule has 1 aliphatic heterocycles. The van der Waals surface area contributed by atoms with E-state index in [-0.39, 0.29) is 6.42 Å². The van der Waals surface area contributed by atoms with Crippen molar-refractivity contribution in [2.45, 2.75) is 37.4 Å². The third-order valence-corrected chi connectivity index (χ3v) is 4.29. The number of rotatable bonds is 2. The van der Waals surface area contributed by atoms with Crippen LogP contribution in [0.2, 0.25) is 0 Å². The van der Waals surface area contributed by atoms with Gasteiger partial charge in [0.25, 0.3) is 5.92 Å². The summed E-state index contributed by atoms with van der Waals surface area (Å²) in [7, 11) is 0. The van der Waals surface area contributed by atoms with Crippen LogP contribution in [-0.2, 0) is 0 Å². The second kappa shape index (κ2) is 3.66. The van der Waals surface area contributed by atoms with Crippen LogP contribution >= 0.6 is 15.9 Å². The van der Waals surface area contributed by atoms with E-state index in [1.807, 2.05) is 0 Å². The summed E-state index contributed by atoms with van der Waals surface area (Å²) in [4.78, 5) is 2.66. The Morgan fingerprint density at radius 3 is 2.47 bits per heavy atom. The average molecular weight is 282 g/mol. The molecule has 4 heteroatoms. The molecule has 0 bridgehead atoms. The lowest BCUT2D eigenvalue weighted by atomic mass is 9.98. The van der Waals surface area contributed by atoms with E-state index in [2.05, 4.69) is 27.8 Å². The quantitative estimate of drug-likeness (QED) is 0.703. The monoisotopic (exact) mass is 281 g/mol. The molecule has 2 rings (SSSR count). The van der Waals surface area contributed by atoms with Crippen LogP contribution in [0, 0.1) is 11.3 Å². The zero-order chi connectivity index (χ0) is 11.3. The molecule has 0 N–H and O–H groups in total. The van der Waals surface area contributed by atoms with Gasteiger partial charge >= 0.3 is 0 Å². The highest BCUT2D eigenvalue weighted by molar-refractivity contribution is 9.09. The number of likely N-dealkylation sites (tertiary alicyclic amines) is 1. The third kappa shape index (κ3) is 2.36. The maximum absolute atomic E-state index is 13.1. The van der Waals surface area contributed by atoms with Crippen LogP contribution in [0.15, 0.2) is 0 Å². The summed E-state index contributed by atoms with van der Waals surface area (Å²) in [5.41, 5.74) is -0.753. The van der Waals surface area contributed by atoms with Crippen molar-refractivity contribution in [2.75, 3.05) is 19.6 Å². The van der Waals surface area contributed by atoms with E-state index in [4.69, 9.17) is 0 Å². The maximum Gasteiger partial charge on any atom is 0.255 e. The molecule has 0 aromatic heterocycles. The van der Waals surface area contributed by atoms with Crippen LogP contribution in [0.3, 0.4) is 0 Å². The van der Waals surface area contributed by atoms with Crippen molar-refractivity contribution < 1.29 is 8.78 Å². The Morgan fingerprint density at radius 2 is 2.00 bits per heavy atom. The topological polar surface area (TPSA) is 3.24 Å². The minimum atomic E-state index is -2.42. The molecular weight excluding hydrogens is 264 g/mol. The van der Waals surface area contributed by atoms with Gasteiger partial charge in [-0.05, 0) is 12.3 Å². The molecule has 3 unspecified atom stereocenters. The molecule has 0 radical (unpaired) electrons. The third-order valence-electron chi connectivity index (χ3n) is 3.63. The molecule has 15 heavy (non-hydrogen) atoms. The normalized spacial score (nSPS) is 45.4. The van der Waals surface area contributed by atoms with Crippen molar-refractivity contribution >= 4 is 15.9 Å².